The number of ether oxygens (including phenoxy) is 4. The molecule has 0 aliphatic carbocycles. The number of oxime groups is 1. The van der Waals surface area contributed by atoms with Crippen molar-refractivity contribution in [1.29, 1.82) is 0 Å². The van der Waals surface area contributed by atoms with Crippen LogP contribution in [0.3, 0.4) is 0 Å². The maximum atomic E-state index is 13.4. The van der Waals surface area contributed by atoms with Crippen molar-refractivity contribution < 1.29 is 56.2 Å². The van der Waals surface area contributed by atoms with Crippen molar-refractivity contribution in [3.8, 4) is 0 Å². The normalized spacial score (nSPS) is 14.2. The minimum atomic E-state index is -4.35. The quantitative estimate of drug-likeness (QED) is 0.166. The summed E-state index contributed by atoms with van der Waals surface area (Å²) in [6.07, 6.45) is -1.21. The van der Waals surface area contributed by atoms with E-state index in [1.54, 1.807) is 27.7 Å². The molecule has 2 heterocycles. The highest BCUT2D eigenvalue weighted by atomic mass is 31.2. The first-order valence-corrected chi connectivity index (χ1v) is 12.3. The summed E-state index contributed by atoms with van der Waals surface area (Å²) in [6, 6.07) is 2.62. The number of hydrogen-bond acceptors (Lipinski definition) is 13. The summed E-state index contributed by atoms with van der Waals surface area (Å²) in [4.78, 5) is 39.6. The molecule has 0 unspecified atom stereocenters. The Kier molecular flexibility index (Phi) is 9.47. The average Bonchev–Trinajstić information content (AvgIpc) is 3.42. The lowest BCUT2D eigenvalue weighted by Gasteiger charge is -2.23. The van der Waals surface area contributed by atoms with E-state index in [0.29, 0.717) is 12.8 Å². The first-order valence-electron chi connectivity index (χ1n) is 10.8. The van der Waals surface area contributed by atoms with E-state index < -0.39 is 50.7 Å². The maximum absolute atomic E-state index is 13.4. The van der Waals surface area contributed by atoms with Crippen LogP contribution in [0.15, 0.2) is 21.7 Å². The molecule has 0 aromatic carbocycles. The van der Waals surface area contributed by atoms with Gasteiger partial charge in [0, 0.05) is 0 Å². The fourth-order valence-corrected chi connectivity index (χ4v) is 3.36. The zero-order valence-corrected chi connectivity index (χ0v) is 21.4. The monoisotopic (exact) mass is 519 g/mol. The predicted octanol–water partition coefficient (Wildman–Crippen LogP) is 4.38. The third-order valence-electron chi connectivity index (χ3n) is 4.94. The van der Waals surface area contributed by atoms with Gasteiger partial charge in [-0.2, -0.15) is 0 Å². The molecule has 0 saturated heterocycles. The molecule has 0 amide bonds. The fourth-order valence-electron chi connectivity index (χ4n) is 2.18. The van der Waals surface area contributed by atoms with Gasteiger partial charge in [-0.15, -0.1) is 0 Å². The molecule has 1 aromatic rings. The number of carbonyl (C=O) groups is 3. The smallest absolute Gasteiger partial charge is 0.447 e. The van der Waals surface area contributed by atoms with Gasteiger partial charge in [-0.25, -0.2) is 14.4 Å². The van der Waals surface area contributed by atoms with Crippen LogP contribution in [0.5, 0.6) is 0 Å². The Labute approximate surface area is 202 Å². The largest absolute Gasteiger partial charge is 0.510 e. The minimum absolute atomic E-state index is 0.0771. The molecule has 35 heavy (non-hydrogen) atoms. The summed E-state index contributed by atoms with van der Waals surface area (Å²) in [7, 11) is -4.35. The second-order valence-electron chi connectivity index (χ2n) is 8.53. The van der Waals surface area contributed by atoms with Crippen molar-refractivity contribution in [1.82, 2.24) is 0 Å². The molecule has 0 saturated carbocycles. The van der Waals surface area contributed by atoms with Crippen LogP contribution in [0.2, 0.25) is 0 Å². The van der Waals surface area contributed by atoms with Gasteiger partial charge in [-0.1, -0.05) is 19.0 Å². The lowest BCUT2D eigenvalue weighted by molar-refractivity contribution is -0.140. The van der Waals surface area contributed by atoms with Crippen molar-refractivity contribution in [2.75, 3.05) is 13.6 Å². The Balaban J connectivity index is 2.08. The molecule has 2 rings (SSSR count). The number of furan rings is 1. The van der Waals surface area contributed by atoms with Crippen molar-refractivity contribution >= 4 is 37.1 Å². The summed E-state index contributed by atoms with van der Waals surface area (Å²) in [5.41, 5.74) is -1.73. The molecule has 1 aliphatic heterocycles. The average molecular weight is 519 g/mol. The highest BCUT2D eigenvalue weighted by Crippen LogP contribution is 2.47. The SMILES string of the molecule is CCC(C)(C)OC(=O)OCOP(=O)(OCOC(=O)OC(C)(C)CC)c1ccc(C2=NOC(=O)C2)o1. The topological polar surface area (TPSA) is 158 Å². The van der Waals surface area contributed by atoms with Gasteiger partial charge in [-0.3, -0.25) is 13.6 Å². The van der Waals surface area contributed by atoms with E-state index in [2.05, 4.69) is 9.99 Å². The van der Waals surface area contributed by atoms with Crippen molar-refractivity contribution in [2.45, 2.75) is 72.0 Å². The van der Waals surface area contributed by atoms with Gasteiger partial charge in [0.15, 0.2) is 5.76 Å². The lowest BCUT2D eigenvalue weighted by Crippen LogP contribution is -2.28. The van der Waals surface area contributed by atoms with Crippen LogP contribution < -0.4 is 5.50 Å². The third-order valence-corrected chi connectivity index (χ3v) is 6.61. The molecule has 0 fully saturated rings. The molecule has 13 nitrogen and oxygen atoms in total. The molecule has 196 valence electrons. The van der Waals surface area contributed by atoms with E-state index in [-0.39, 0.29) is 23.4 Å². The summed E-state index contributed by atoms with van der Waals surface area (Å²) in [6.45, 7) is 8.71. The highest BCUT2D eigenvalue weighted by molar-refractivity contribution is 7.61. The summed E-state index contributed by atoms with van der Waals surface area (Å²) in [5, 5.41) is 3.57. The molecule has 0 radical (unpaired) electrons. The Morgan fingerprint density at radius 3 is 1.91 bits per heavy atom. The summed E-state index contributed by atoms with van der Waals surface area (Å²) in [5.74, 6) is -0.509. The van der Waals surface area contributed by atoms with Gasteiger partial charge >= 0.3 is 25.9 Å². The standard InChI is InChI=1S/C21H30NO12P/c1-7-20(3,4)32-18(24)27-12-29-35(26,30-13-28-19(25)33-21(5,6)8-2)17-10-9-15(31-17)14-11-16(23)34-22-14/h9-10H,7-8,11-13H2,1-6H3. The van der Waals surface area contributed by atoms with Crippen molar-refractivity contribution in [2.24, 2.45) is 5.16 Å². The molecule has 0 atom stereocenters. The van der Waals surface area contributed by atoms with Gasteiger partial charge in [-0.05, 0) is 52.7 Å². The summed E-state index contributed by atoms with van der Waals surface area (Å²) < 4.78 is 49.1. The van der Waals surface area contributed by atoms with Crippen molar-refractivity contribution in [3.63, 3.8) is 0 Å². The van der Waals surface area contributed by atoms with E-state index in [4.69, 9.17) is 32.4 Å². The summed E-state index contributed by atoms with van der Waals surface area (Å²) >= 11 is 0. The van der Waals surface area contributed by atoms with Crippen LogP contribution in [-0.2, 0) is 42.2 Å². The van der Waals surface area contributed by atoms with E-state index in [0.717, 1.165) is 0 Å². The zero-order chi connectivity index (χ0) is 26.3. The minimum Gasteiger partial charge on any atom is -0.447 e. The fraction of sp³-hybridized carbons (Fsp3) is 0.619. The van der Waals surface area contributed by atoms with Crippen molar-refractivity contribution in [3.05, 3.63) is 17.9 Å². The van der Waals surface area contributed by atoms with E-state index in [1.807, 2.05) is 13.8 Å². The van der Waals surface area contributed by atoms with Crippen LogP contribution in [0, 0.1) is 0 Å². The molecule has 1 aliphatic rings. The first kappa shape index (κ1) is 28.3. The van der Waals surface area contributed by atoms with Gasteiger partial charge in [0.2, 0.25) is 19.1 Å². The predicted molar refractivity (Wildman–Crippen MR) is 119 cm³/mol. The zero-order valence-electron chi connectivity index (χ0n) is 20.5. The van der Waals surface area contributed by atoms with Crippen LogP contribution in [0.1, 0.15) is 66.6 Å². The molecule has 0 spiro atoms. The van der Waals surface area contributed by atoms with Gasteiger partial charge in [0.1, 0.15) is 16.9 Å². The first-order chi connectivity index (χ1) is 16.3. The number of rotatable bonds is 12. The van der Waals surface area contributed by atoms with Crippen LogP contribution in [0.4, 0.5) is 9.59 Å². The Morgan fingerprint density at radius 2 is 1.49 bits per heavy atom. The lowest BCUT2D eigenvalue weighted by atomic mass is 10.1. The second kappa shape index (κ2) is 11.7. The number of nitrogens with zero attached hydrogens (tertiary/aromatic N) is 1. The number of carbonyl (C=O) groups excluding carboxylic acids is 3. The van der Waals surface area contributed by atoms with E-state index >= 15 is 0 Å². The van der Waals surface area contributed by atoms with E-state index in [9.17, 15) is 18.9 Å². The number of hydrogen-bond donors (Lipinski definition) is 0. The molecule has 14 heteroatoms. The van der Waals surface area contributed by atoms with Gasteiger partial charge in [0.05, 0.1) is 6.42 Å². The maximum Gasteiger partial charge on any atom is 0.510 e. The van der Waals surface area contributed by atoms with Gasteiger partial charge < -0.3 is 28.2 Å². The molecule has 0 N–H and O–H groups in total. The Hall–Kier alpha value is -2.89. The third kappa shape index (κ3) is 8.68. The second-order valence-corrected chi connectivity index (χ2v) is 10.5. The van der Waals surface area contributed by atoms with E-state index in [1.165, 1.54) is 12.1 Å². The van der Waals surface area contributed by atoms with Crippen LogP contribution in [0.25, 0.3) is 0 Å². The molecule has 1 aromatic heterocycles. The molecular weight excluding hydrogens is 489 g/mol. The Morgan fingerprint density at radius 1 is 0.971 bits per heavy atom. The molecular formula is C21H30NO12P. The highest BCUT2D eigenvalue weighted by Gasteiger charge is 2.35. The Bertz CT molecular complexity index is 956. The van der Waals surface area contributed by atoms with Crippen LogP contribution >= 0.6 is 7.60 Å². The van der Waals surface area contributed by atoms with Crippen LogP contribution in [-0.4, -0.2) is 48.8 Å². The molecule has 0 bridgehead atoms. The van der Waals surface area contributed by atoms with Gasteiger partial charge in [0.25, 0.3) is 0 Å².